The average molecular weight is 285 g/mol. The van der Waals surface area contributed by atoms with Gasteiger partial charge in [0.2, 0.25) is 0 Å². The van der Waals surface area contributed by atoms with Crippen LogP contribution in [0.15, 0.2) is 23.4 Å². The van der Waals surface area contributed by atoms with Crippen molar-refractivity contribution in [1.29, 1.82) is 0 Å². The first kappa shape index (κ1) is 18.8. The van der Waals surface area contributed by atoms with E-state index in [0.717, 1.165) is 18.5 Å². The number of hydrogen-bond acceptors (Lipinski definition) is 5. The van der Waals surface area contributed by atoms with Crippen molar-refractivity contribution in [3.8, 4) is 0 Å². The standard InChI is InChI=1S/C15H27NO4/c1-6-16(13(3)11-19-4)14(9-15(18)20-5)8-7-12(2)10-17/h7-8,10,13,15,18H,6,9,11H2,1-5H3/b12-7+,14-8+. The van der Waals surface area contributed by atoms with Crippen LogP contribution in [0.4, 0.5) is 0 Å². The van der Waals surface area contributed by atoms with E-state index in [2.05, 4.69) is 11.8 Å². The fourth-order valence-corrected chi connectivity index (χ4v) is 1.94. The molecule has 0 rings (SSSR count). The molecule has 0 radical (unpaired) electrons. The number of methoxy groups -OCH3 is 2. The largest absolute Gasteiger partial charge is 0.383 e. The van der Waals surface area contributed by atoms with Gasteiger partial charge in [0.25, 0.3) is 0 Å². The van der Waals surface area contributed by atoms with Gasteiger partial charge in [-0.2, -0.15) is 0 Å². The van der Waals surface area contributed by atoms with Crippen LogP contribution in [0.25, 0.3) is 0 Å². The minimum absolute atomic E-state index is 0.172. The van der Waals surface area contributed by atoms with Gasteiger partial charge in [0.05, 0.1) is 6.61 Å². The smallest absolute Gasteiger partial charge is 0.159 e. The summed E-state index contributed by atoms with van der Waals surface area (Å²) >= 11 is 0. The Morgan fingerprint density at radius 2 is 2.00 bits per heavy atom. The van der Waals surface area contributed by atoms with E-state index in [1.165, 1.54) is 7.11 Å². The number of rotatable bonds is 10. The fourth-order valence-electron chi connectivity index (χ4n) is 1.94. The Morgan fingerprint density at radius 3 is 2.45 bits per heavy atom. The maximum atomic E-state index is 10.7. The van der Waals surface area contributed by atoms with Gasteiger partial charge in [0.15, 0.2) is 6.29 Å². The lowest BCUT2D eigenvalue weighted by atomic mass is 10.1. The van der Waals surface area contributed by atoms with Crippen LogP contribution in [0.3, 0.4) is 0 Å². The number of carbonyl (C=O) groups is 1. The highest BCUT2D eigenvalue weighted by molar-refractivity contribution is 5.72. The third kappa shape index (κ3) is 6.84. The lowest BCUT2D eigenvalue weighted by molar-refractivity contribution is -0.104. The molecule has 5 nitrogen and oxygen atoms in total. The molecule has 0 aliphatic rings. The second-order valence-electron chi connectivity index (χ2n) is 4.67. The molecule has 0 saturated carbocycles. The summed E-state index contributed by atoms with van der Waals surface area (Å²) in [5.74, 6) is 0. The lowest BCUT2D eigenvalue weighted by Gasteiger charge is -2.32. The zero-order valence-electron chi connectivity index (χ0n) is 13.1. The van der Waals surface area contributed by atoms with Gasteiger partial charge in [-0.05, 0) is 32.4 Å². The Labute approximate surface area is 121 Å². The Hall–Kier alpha value is -1.17. The SMILES string of the molecule is CCN(/C(=C/C=C(\C)C=O)CC(O)OC)C(C)COC. The molecule has 0 aliphatic carbocycles. The van der Waals surface area contributed by atoms with Crippen molar-refractivity contribution in [2.24, 2.45) is 0 Å². The fraction of sp³-hybridized carbons (Fsp3) is 0.667. The molecule has 2 atom stereocenters. The number of aldehydes is 1. The van der Waals surface area contributed by atoms with Crippen LogP contribution in [0, 0.1) is 0 Å². The monoisotopic (exact) mass is 285 g/mol. The van der Waals surface area contributed by atoms with Gasteiger partial charge in [0, 0.05) is 38.9 Å². The number of allylic oxidation sites excluding steroid dienone is 3. The molecule has 1 N–H and O–H groups in total. The summed E-state index contributed by atoms with van der Waals surface area (Å²) in [5, 5.41) is 9.70. The number of hydrogen-bond donors (Lipinski definition) is 1. The normalized spacial score (nSPS) is 15.9. The number of likely N-dealkylation sites (N-methyl/N-ethyl adjacent to an activating group) is 1. The van der Waals surface area contributed by atoms with E-state index in [1.807, 2.05) is 13.0 Å². The van der Waals surface area contributed by atoms with E-state index in [4.69, 9.17) is 9.47 Å². The molecule has 0 aromatic rings. The van der Waals surface area contributed by atoms with E-state index < -0.39 is 6.29 Å². The third-order valence-electron chi connectivity index (χ3n) is 3.03. The highest BCUT2D eigenvalue weighted by Gasteiger charge is 2.17. The summed E-state index contributed by atoms with van der Waals surface area (Å²) in [6.45, 7) is 7.19. The third-order valence-corrected chi connectivity index (χ3v) is 3.03. The summed E-state index contributed by atoms with van der Waals surface area (Å²) < 4.78 is 10.1. The second-order valence-corrected chi connectivity index (χ2v) is 4.67. The van der Waals surface area contributed by atoms with Crippen LogP contribution < -0.4 is 0 Å². The second kappa shape index (κ2) is 10.6. The minimum Gasteiger partial charge on any atom is -0.383 e. The molecule has 0 spiro atoms. The maximum absolute atomic E-state index is 10.7. The maximum Gasteiger partial charge on any atom is 0.159 e. The van der Waals surface area contributed by atoms with Crippen molar-refractivity contribution in [3.05, 3.63) is 23.4 Å². The summed E-state index contributed by atoms with van der Waals surface area (Å²) in [6.07, 6.45) is 3.89. The molecule has 5 heteroatoms. The van der Waals surface area contributed by atoms with Crippen LogP contribution >= 0.6 is 0 Å². The molecule has 116 valence electrons. The number of aliphatic hydroxyl groups excluding tert-OH is 1. The van der Waals surface area contributed by atoms with Crippen LogP contribution in [0.2, 0.25) is 0 Å². The molecule has 0 fully saturated rings. The quantitative estimate of drug-likeness (QED) is 0.287. The van der Waals surface area contributed by atoms with Crippen LogP contribution in [0.5, 0.6) is 0 Å². The predicted molar refractivity (Wildman–Crippen MR) is 79.3 cm³/mol. The molecule has 0 aromatic carbocycles. The van der Waals surface area contributed by atoms with Gasteiger partial charge in [-0.15, -0.1) is 0 Å². The van der Waals surface area contributed by atoms with Crippen LogP contribution in [-0.4, -0.2) is 56.0 Å². The summed E-state index contributed by atoms with van der Waals surface area (Å²) in [5.41, 5.74) is 1.54. The molecular formula is C15H27NO4. The van der Waals surface area contributed by atoms with Gasteiger partial charge >= 0.3 is 0 Å². The van der Waals surface area contributed by atoms with Crippen molar-refractivity contribution < 1.29 is 19.4 Å². The molecule has 0 saturated heterocycles. The molecular weight excluding hydrogens is 258 g/mol. The first-order valence-corrected chi connectivity index (χ1v) is 6.79. The van der Waals surface area contributed by atoms with E-state index in [1.54, 1.807) is 20.1 Å². The highest BCUT2D eigenvalue weighted by atomic mass is 16.6. The summed E-state index contributed by atoms with van der Waals surface area (Å²) in [6, 6.07) is 0.172. The topological polar surface area (TPSA) is 59.0 Å². The highest BCUT2D eigenvalue weighted by Crippen LogP contribution is 2.16. The average Bonchev–Trinajstić information content (AvgIpc) is 2.44. The first-order valence-electron chi connectivity index (χ1n) is 6.79. The Morgan fingerprint density at radius 1 is 1.35 bits per heavy atom. The van der Waals surface area contributed by atoms with Crippen molar-refractivity contribution in [2.75, 3.05) is 27.4 Å². The van der Waals surface area contributed by atoms with E-state index in [-0.39, 0.29) is 6.04 Å². The summed E-state index contributed by atoms with van der Waals surface area (Å²) in [7, 11) is 3.12. The number of carbonyl (C=O) groups excluding carboxylic acids is 1. The van der Waals surface area contributed by atoms with Gasteiger partial charge < -0.3 is 19.5 Å². The van der Waals surface area contributed by atoms with Crippen LogP contribution in [0.1, 0.15) is 27.2 Å². The van der Waals surface area contributed by atoms with Gasteiger partial charge in [-0.1, -0.05) is 6.08 Å². The van der Waals surface area contributed by atoms with Gasteiger partial charge in [0.1, 0.15) is 6.29 Å². The molecule has 0 aromatic heterocycles. The van der Waals surface area contributed by atoms with E-state index >= 15 is 0 Å². The first-order chi connectivity index (χ1) is 9.49. The Bertz CT molecular complexity index is 339. The van der Waals surface area contributed by atoms with Crippen LogP contribution in [-0.2, 0) is 14.3 Å². The minimum atomic E-state index is -0.866. The Balaban J connectivity index is 5.19. The van der Waals surface area contributed by atoms with Crippen molar-refractivity contribution in [1.82, 2.24) is 4.90 Å². The zero-order valence-corrected chi connectivity index (χ0v) is 13.1. The molecule has 20 heavy (non-hydrogen) atoms. The molecule has 0 aliphatic heterocycles. The molecule has 0 amide bonds. The van der Waals surface area contributed by atoms with Gasteiger partial charge in [-0.3, -0.25) is 4.79 Å². The van der Waals surface area contributed by atoms with Gasteiger partial charge in [-0.25, -0.2) is 0 Å². The Kier molecular flexibility index (Phi) is 9.98. The molecule has 0 heterocycles. The van der Waals surface area contributed by atoms with Crippen molar-refractivity contribution >= 4 is 6.29 Å². The number of ether oxygens (including phenoxy) is 2. The summed E-state index contributed by atoms with van der Waals surface area (Å²) in [4.78, 5) is 12.8. The van der Waals surface area contributed by atoms with E-state index in [9.17, 15) is 9.90 Å². The predicted octanol–water partition coefficient (Wildman–Crippen LogP) is 1.73. The van der Waals surface area contributed by atoms with E-state index in [0.29, 0.717) is 18.6 Å². The van der Waals surface area contributed by atoms with Crippen molar-refractivity contribution in [3.63, 3.8) is 0 Å². The molecule has 2 unspecified atom stereocenters. The molecule has 0 bridgehead atoms. The number of aliphatic hydroxyl groups is 1. The van der Waals surface area contributed by atoms with Crippen molar-refractivity contribution in [2.45, 2.75) is 39.5 Å². The zero-order chi connectivity index (χ0) is 15.5. The number of nitrogens with zero attached hydrogens (tertiary/aromatic N) is 1. The lowest BCUT2D eigenvalue weighted by Crippen LogP contribution is -2.36.